The number of benzene rings is 1. The minimum absolute atomic E-state index is 0.0406. The topological polar surface area (TPSA) is 106 Å². The van der Waals surface area contributed by atoms with Gasteiger partial charge in [-0.15, -0.1) is 0 Å². The highest BCUT2D eigenvalue weighted by Gasteiger charge is 2.33. The molecule has 0 spiro atoms. The molecule has 2 aromatic heterocycles. The van der Waals surface area contributed by atoms with Crippen molar-refractivity contribution in [2.45, 2.75) is 63.6 Å². The van der Waals surface area contributed by atoms with E-state index in [9.17, 15) is 10.1 Å². The van der Waals surface area contributed by atoms with Gasteiger partial charge in [0.1, 0.15) is 6.07 Å². The largest absolute Gasteiger partial charge is 0.318 e. The molecule has 1 aromatic carbocycles. The average Bonchev–Trinajstić information content (AvgIpc) is 3.59. The third kappa shape index (κ3) is 4.96. The van der Waals surface area contributed by atoms with Crippen LogP contribution in [0.1, 0.15) is 66.7 Å². The molecular weight excluding hydrogens is 478 g/mol. The first-order chi connectivity index (χ1) is 18.6. The highest BCUT2D eigenvalue weighted by Crippen LogP contribution is 2.27. The first-order valence-electron chi connectivity index (χ1n) is 13.8. The Hall–Kier alpha value is -3.55. The van der Waals surface area contributed by atoms with Gasteiger partial charge in [-0.2, -0.15) is 15.2 Å². The van der Waals surface area contributed by atoms with Gasteiger partial charge >= 0.3 is 0 Å². The minimum Gasteiger partial charge on any atom is -0.318 e. The highest BCUT2D eigenvalue weighted by atomic mass is 16.2. The fourth-order valence-electron chi connectivity index (χ4n) is 6.06. The summed E-state index contributed by atoms with van der Waals surface area (Å²) in [5.74, 6) is 0.331. The molecule has 198 valence electrons. The van der Waals surface area contributed by atoms with E-state index in [1.54, 1.807) is 15.9 Å². The van der Waals surface area contributed by atoms with Gasteiger partial charge < -0.3 is 4.57 Å². The molecule has 38 heavy (non-hydrogen) atoms. The first kappa shape index (κ1) is 24.8. The van der Waals surface area contributed by atoms with Crippen molar-refractivity contribution in [2.24, 2.45) is 7.05 Å². The number of carbonyl (C=O) groups is 1. The second kappa shape index (κ2) is 10.7. The summed E-state index contributed by atoms with van der Waals surface area (Å²) in [5, 5.41) is 11.2. The lowest BCUT2D eigenvalue weighted by molar-refractivity contribution is 0.0423. The van der Waals surface area contributed by atoms with Crippen LogP contribution in [0.15, 0.2) is 30.6 Å². The zero-order valence-electron chi connectivity index (χ0n) is 22.0. The number of anilines is 1. The lowest BCUT2D eigenvalue weighted by atomic mass is 9.94. The van der Waals surface area contributed by atoms with Gasteiger partial charge in [-0.1, -0.05) is 31.4 Å². The monoisotopic (exact) mass is 513 g/mol. The van der Waals surface area contributed by atoms with Gasteiger partial charge in [-0.05, 0) is 56.5 Å². The maximum atomic E-state index is 13.8. The summed E-state index contributed by atoms with van der Waals surface area (Å²) in [5.41, 5.74) is 6.22. The van der Waals surface area contributed by atoms with E-state index < -0.39 is 0 Å². The molecule has 1 amide bonds. The molecule has 3 aliphatic rings. The van der Waals surface area contributed by atoms with Crippen molar-refractivity contribution in [3.8, 4) is 6.07 Å². The summed E-state index contributed by atoms with van der Waals surface area (Å²) >= 11 is 0. The van der Waals surface area contributed by atoms with E-state index in [4.69, 9.17) is 0 Å². The predicted octanol–water partition coefficient (Wildman–Crippen LogP) is 3.32. The molecule has 1 N–H and O–H groups in total. The number of hydrogen-bond acceptors (Lipinski definition) is 8. The van der Waals surface area contributed by atoms with Gasteiger partial charge in [0.2, 0.25) is 5.82 Å². The first-order valence-corrected chi connectivity index (χ1v) is 13.8. The Labute approximate surface area is 223 Å². The number of amides is 1. The van der Waals surface area contributed by atoms with Crippen molar-refractivity contribution in [1.82, 2.24) is 34.3 Å². The van der Waals surface area contributed by atoms with Crippen LogP contribution in [0.3, 0.4) is 0 Å². The van der Waals surface area contributed by atoms with Crippen LogP contribution in [0.4, 0.5) is 5.82 Å². The van der Waals surface area contributed by atoms with Gasteiger partial charge in [-0.3, -0.25) is 20.0 Å². The summed E-state index contributed by atoms with van der Waals surface area (Å²) < 4.78 is 1.75. The molecule has 0 radical (unpaired) electrons. The van der Waals surface area contributed by atoms with Crippen LogP contribution in [-0.4, -0.2) is 78.5 Å². The third-order valence-electron chi connectivity index (χ3n) is 8.25. The number of hydrazine groups is 1. The van der Waals surface area contributed by atoms with Crippen molar-refractivity contribution in [2.75, 3.05) is 31.6 Å². The van der Waals surface area contributed by atoms with E-state index in [-0.39, 0.29) is 17.8 Å². The van der Waals surface area contributed by atoms with Crippen LogP contribution in [0.2, 0.25) is 0 Å². The molecule has 0 bridgehead atoms. The van der Waals surface area contributed by atoms with Gasteiger partial charge in [0.15, 0.2) is 17.0 Å². The lowest BCUT2D eigenvalue weighted by Crippen LogP contribution is -2.58. The second-order valence-electron chi connectivity index (χ2n) is 10.9. The van der Waals surface area contributed by atoms with E-state index in [1.165, 1.54) is 37.9 Å². The van der Waals surface area contributed by atoms with E-state index in [0.29, 0.717) is 28.6 Å². The van der Waals surface area contributed by atoms with Crippen molar-refractivity contribution in [3.63, 3.8) is 0 Å². The number of nitrogens with one attached hydrogen (secondary N) is 1. The van der Waals surface area contributed by atoms with Gasteiger partial charge in [0, 0.05) is 38.3 Å². The van der Waals surface area contributed by atoms with Crippen LogP contribution in [-0.2, 0) is 13.6 Å². The zero-order valence-corrected chi connectivity index (χ0v) is 22.0. The van der Waals surface area contributed by atoms with Crippen molar-refractivity contribution < 1.29 is 4.79 Å². The minimum atomic E-state index is -0.0947. The number of aromatic nitrogens is 4. The second-order valence-corrected chi connectivity index (χ2v) is 10.9. The Morgan fingerprint density at radius 3 is 2.53 bits per heavy atom. The van der Waals surface area contributed by atoms with Crippen molar-refractivity contribution in [3.05, 3.63) is 47.5 Å². The number of nitriles is 1. The van der Waals surface area contributed by atoms with Crippen molar-refractivity contribution >= 4 is 22.9 Å². The number of fused-ring (bicyclic) bond motifs is 1. The van der Waals surface area contributed by atoms with E-state index in [1.807, 2.05) is 25.2 Å². The molecule has 6 rings (SSSR count). The van der Waals surface area contributed by atoms with Crippen LogP contribution in [0, 0.1) is 11.3 Å². The molecular formula is C28H35N9O. The average molecular weight is 514 g/mol. The number of likely N-dealkylation sites (tertiary alicyclic amines) is 2. The number of nitrogens with zero attached hydrogens (tertiary/aromatic N) is 8. The number of aryl methyl sites for hydroxylation is 1. The Morgan fingerprint density at radius 2 is 1.82 bits per heavy atom. The Balaban J connectivity index is 1.18. The molecule has 1 aliphatic carbocycles. The molecule has 2 saturated heterocycles. The molecule has 10 heteroatoms. The number of hydrogen-bond donors (Lipinski definition) is 1. The number of imidazole rings is 1. The number of carbonyl (C=O) groups excluding carboxylic acids is 1. The molecule has 10 nitrogen and oxygen atoms in total. The van der Waals surface area contributed by atoms with E-state index >= 15 is 0 Å². The van der Waals surface area contributed by atoms with Crippen LogP contribution in [0.25, 0.3) is 11.2 Å². The van der Waals surface area contributed by atoms with Gasteiger partial charge in [0.25, 0.3) is 5.91 Å². The zero-order chi connectivity index (χ0) is 26.1. The Kier molecular flexibility index (Phi) is 6.96. The fraction of sp³-hybridized carbons (Fsp3) is 0.536. The Morgan fingerprint density at radius 1 is 1.08 bits per heavy atom. The molecule has 4 heterocycles. The summed E-state index contributed by atoms with van der Waals surface area (Å²) in [6.45, 7) is 5.68. The quantitative estimate of drug-likeness (QED) is 0.480. The molecule has 3 fully saturated rings. The standard InChI is InChI=1S/C28H35N9O/c1-34-19-30-25-26(31-24(15-29)32-27(25)34)33-37(22-7-3-2-4-8-22)28(38)21-11-9-20(10-12-21)16-35-17-23(18-35)36-13-5-6-14-36/h9-12,19,22-23H,2-8,13-14,16-18H2,1H3,(H,31,32,33). The summed E-state index contributed by atoms with van der Waals surface area (Å²) in [6, 6.07) is 10.8. The maximum absolute atomic E-state index is 13.8. The fourth-order valence-corrected chi connectivity index (χ4v) is 6.06. The summed E-state index contributed by atoms with van der Waals surface area (Å²) in [6.07, 6.45) is 9.49. The van der Waals surface area contributed by atoms with Crippen molar-refractivity contribution in [1.29, 1.82) is 5.26 Å². The molecule has 3 aromatic rings. The molecule has 0 atom stereocenters. The predicted molar refractivity (Wildman–Crippen MR) is 144 cm³/mol. The summed E-state index contributed by atoms with van der Waals surface area (Å²) in [7, 11) is 1.83. The summed E-state index contributed by atoms with van der Waals surface area (Å²) in [4.78, 5) is 32.0. The molecule has 0 unspecified atom stereocenters. The number of rotatable bonds is 7. The molecule has 1 saturated carbocycles. The SMILES string of the molecule is Cn1cnc2c(NN(C(=O)c3ccc(CN4CC(N5CCCC5)C4)cc3)C3CCCCC3)nc(C#N)nc21. The Bertz CT molecular complexity index is 1330. The van der Waals surface area contributed by atoms with Crippen LogP contribution < -0.4 is 5.43 Å². The normalized spacial score (nSPS) is 19.4. The van der Waals surface area contributed by atoms with Gasteiger partial charge in [-0.25, -0.2) is 9.99 Å². The smallest absolute Gasteiger partial charge is 0.272 e. The van der Waals surface area contributed by atoms with E-state index in [0.717, 1.165) is 45.3 Å². The third-order valence-corrected chi connectivity index (χ3v) is 8.25. The van der Waals surface area contributed by atoms with Gasteiger partial charge in [0.05, 0.1) is 12.4 Å². The lowest BCUT2D eigenvalue weighted by Gasteiger charge is -2.44. The maximum Gasteiger partial charge on any atom is 0.272 e. The highest BCUT2D eigenvalue weighted by molar-refractivity contribution is 5.96. The van der Waals surface area contributed by atoms with Crippen LogP contribution in [0.5, 0.6) is 0 Å². The molecule has 2 aliphatic heterocycles. The van der Waals surface area contributed by atoms with Crippen LogP contribution >= 0.6 is 0 Å². The van der Waals surface area contributed by atoms with E-state index in [2.05, 4.69) is 42.3 Å².